The van der Waals surface area contributed by atoms with Crippen LogP contribution in [0.3, 0.4) is 0 Å². The summed E-state index contributed by atoms with van der Waals surface area (Å²) in [6.07, 6.45) is 4.79. The van der Waals surface area contributed by atoms with Crippen molar-refractivity contribution in [2.45, 2.75) is 64.3 Å². The summed E-state index contributed by atoms with van der Waals surface area (Å²) >= 11 is 0. The van der Waals surface area contributed by atoms with E-state index in [1.54, 1.807) is 0 Å². The molecular formula is C21H25NO4. The minimum Gasteiger partial charge on any atom is -0.464 e. The largest absolute Gasteiger partial charge is 0.464 e. The topological polar surface area (TPSA) is 59.8 Å². The van der Waals surface area contributed by atoms with E-state index in [-0.39, 0.29) is 35.6 Å². The van der Waals surface area contributed by atoms with Gasteiger partial charge >= 0.3 is 0 Å². The van der Waals surface area contributed by atoms with E-state index in [2.05, 4.69) is 12.2 Å². The predicted octanol–water partition coefficient (Wildman–Crippen LogP) is 3.19. The van der Waals surface area contributed by atoms with Gasteiger partial charge in [-0.3, -0.25) is 9.59 Å². The second-order valence-corrected chi connectivity index (χ2v) is 9.08. The zero-order valence-electron chi connectivity index (χ0n) is 15.9. The summed E-state index contributed by atoms with van der Waals surface area (Å²) in [5, 5.41) is 0. The number of hydrogen-bond acceptors (Lipinski definition) is 4. The average Bonchev–Trinajstić information content (AvgIpc) is 3.24. The van der Waals surface area contributed by atoms with Gasteiger partial charge in [-0.2, -0.15) is 0 Å². The molecule has 3 fully saturated rings. The molecule has 0 unspecified atom stereocenters. The second kappa shape index (κ2) is 4.50. The Bertz CT molecular complexity index is 871. The molecule has 1 aromatic heterocycles. The lowest BCUT2D eigenvalue weighted by atomic mass is 9.64. The van der Waals surface area contributed by atoms with E-state index < -0.39 is 16.6 Å². The van der Waals surface area contributed by atoms with Gasteiger partial charge < -0.3 is 14.1 Å². The summed E-state index contributed by atoms with van der Waals surface area (Å²) in [6, 6.07) is 3.13. The number of ether oxygens (including phenoxy) is 1. The summed E-state index contributed by atoms with van der Waals surface area (Å²) in [4.78, 5) is 28.8. The molecule has 0 radical (unpaired) electrons. The van der Waals surface area contributed by atoms with E-state index >= 15 is 0 Å². The Labute approximate surface area is 153 Å². The lowest BCUT2D eigenvalue weighted by molar-refractivity contribution is -0.153. The van der Waals surface area contributed by atoms with Gasteiger partial charge in [0.15, 0.2) is 0 Å². The van der Waals surface area contributed by atoms with Crippen molar-refractivity contribution in [1.29, 1.82) is 0 Å². The molecule has 1 amide bonds. The van der Waals surface area contributed by atoms with Gasteiger partial charge in [-0.05, 0) is 39.3 Å². The van der Waals surface area contributed by atoms with Gasteiger partial charge in [0.1, 0.15) is 22.9 Å². The molecule has 1 aromatic rings. The minimum absolute atomic E-state index is 0.0841. The number of Topliss-reactive ketones (excluding diaryl/α,β-unsaturated/α-hetero) is 1. The molecule has 26 heavy (non-hydrogen) atoms. The number of carbonyl (C=O) groups excluding carboxylic acids is 2. The lowest BCUT2D eigenvalue weighted by Crippen LogP contribution is -2.58. The summed E-state index contributed by atoms with van der Waals surface area (Å²) in [6.45, 7) is 9.78. The first kappa shape index (κ1) is 16.3. The van der Waals surface area contributed by atoms with Crippen molar-refractivity contribution in [3.8, 4) is 0 Å². The zero-order chi connectivity index (χ0) is 18.6. The van der Waals surface area contributed by atoms with Gasteiger partial charge in [0, 0.05) is 11.8 Å². The van der Waals surface area contributed by atoms with Crippen LogP contribution in [0.25, 0.3) is 0 Å². The summed E-state index contributed by atoms with van der Waals surface area (Å²) in [5.74, 6) is 1.17. The van der Waals surface area contributed by atoms with Crippen molar-refractivity contribution in [3.05, 3.63) is 35.8 Å². The first-order valence-electron chi connectivity index (χ1n) is 9.47. The molecule has 138 valence electrons. The summed E-state index contributed by atoms with van der Waals surface area (Å²) in [5.41, 5.74) is -1.79. The number of carbonyl (C=O) groups is 2. The number of amides is 1. The van der Waals surface area contributed by atoms with E-state index in [0.29, 0.717) is 12.2 Å². The number of fused-ring (bicyclic) bond motifs is 2. The smallest absolute Gasteiger partial charge is 0.233 e. The van der Waals surface area contributed by atoms with Gasteiger partial charge in [-0.1, -0.05) is 26.0 Å². The highest BCUT2D eigenvalue weighted by atomic mass is 16.5. The van der Waals surface area contributed by atoms with E-state index in [9.17, 15) is 9.59 Å². The molecule has 0 saturated carbocycles. The molecule has 1 spiro atoms. The fourth-order valence-electron chi connectivity index (χ4n) is 6.21. The number of rotatable bonds is 1. The van der Waals surface area contributed by atoms with E-state index in [0.717, 1.165) is 5.76 Å². The highest BCUT2D eigenvalue weighted by molar-refractivity contribution is 5.95. The van der Waals surface area contributed by atoms with Crippen molar-refractivity contribution < 1.29 is 18.7 Å². The second-order valence-electron chi connectivity index (χ2n) is 9.08. The molecule has 7 atom stereocenters. The van der Waals surface area contributed by atoms with Crippen LogP contribution in [-0.2, 0) is 14.3 Å². The van der Waals surface area contributed by atoms with Crippen molar-refractivity contribution in [2.75, 3.05) is 0 Å². The average molecular weight is 355 g/mol. The maximum atomic E-state index is 13.7. The minimum atomic E-state index is -0.728. The first-order chi connectivity index (χ1) is 12.1. The van der Waals surface area contributed by atoms with Gasteiger partial charge in [-0.15, -0.1) is 0 Å². The normalized spacial score (nSPS) is 49.0. The fraction of sp³-hybridized carbons (Fsp3) is 0.619. The predicted molar refractivity (Wildman–Crippen MR) is 94.2 cm³/mol. The zero-order valence-corrected chi connectivity index (χ0v) is 15.9. The van der Waals surface area contributed by atoms with Crippen LogP contribution in [0.2, 0.25) is 0 Å². The standard InChI is InChI=1S/C21H25NO4/c1-11-6-7-14(25-11)15-12(2)16(23)13(3)17-21-9-8-19(4,26-21)10-20(21,5)18(24)22(15)17/h6-9,12-13,15,17H,10H2,1-5H3/t12-,13-,15+,17-,19+,20-,21+/m0/s1. The number of piperidine rings is 1. The first-order valence-corrected chi connectivity index (χ1v) is 9.47. The van der Waals surface area contributed by atoms with Crippen LogP contribution in [0.1, 0.15) is 51.7 Å². The molecule has 2 bridgehead atoms. The van der Waals surface area contributed by atoms with E-state index in [1.807, 2.05) is 51.7 Å². The molecule has 5 nitrogen and oxygen atoms in total. The molecule has 5 heteroatoms. The Kier molecular flexibility index (Phi) is 2.82. The van der Waals surface area contributed by atoms with Crippen molar-refractivity contribution in [2.24, 2.45) is 17.3 Å². The Balaban J connectivity index is 1.71. The maximum Gasteiger partial charge on any atom is 0.233 e. The van der Waals surface area contributed by atoms with Crippen molar-refractivity contribution in [1.82, 2.24) is 4.90 Å². The molecule has 3 saturated heterocycles. The number of ketones is 1. The molecule has 4 aliphatic heterocycles. The van der Waals surface area contributed by atoms with Crippen LogP contribution >= 0.6 is 0 Å². The van der Waals surface area contributed by atoms with Crippen LogP contribution in [0, 0.1) is 24.2 Å². The number of aryl methyl sites for hydroxylation is 1. The van der Waals surface area contributed by atoms with Crippen LogP contribution in [0.15, 0.2) is 28.7 Å². The SMILES string of the molecule is Cc1ccc([C@H]2[C@H](C)C(=O)[C@H](C)[C@@H]3N2C(=O)[C@]2(C)C[C@@]4(C)C=C[C@@]32O4)o1. The molecule has 0 aromatic carbocycles. The molecule has 5 heterocycles. The molecule has 0 aliphatic carbocycles. The van der Waals surface area contributed by atoms with Crippen LogP contribution in [0.4, 0.5) is 0 Å². The quantitative estimate of drug-likeness (QED) is 0.726. The van der Waals surface area contributed by atoms with E-state index in [1.165, 1.54) is 0 Å². The fourth-order valence-corrected chi connectivity index (χ4v) is 6.21. The highest BCUT2D eigenvalue weighted by Gasteiger charge is 2.78. The lowest BCUT2D eigenvalue weighted by Gasteiger charge is -2.47. The van der Waals surface area contributed by atoms with Gasteiger partial charge in [0.25, 0.3) is 0 Å². The van der Waals surface area contributed by atoms with Crippen LogP contribution in [0.5, 0.6) is 0 Å². The van der Waals surface area contributed by atoms with Crippen molar-refractivity contribution in [3.63, 3.8) is 0 Å². The Morgan fingerprint density at radius 2 is 1.85 bits per heavy atom. The van der Waals surface area contributed by atoms with Gasteiger partial charge in [0.2, 0.25) is 5.91 Å². The molecular weight excluding hydrogens is 330 g/mol. The number of furan rings is 1. The Morgan fingerprint density at radius 1 is 1.12 bits per heavy atom. The molecule has 4 aliphatic rings. The van der Waals surface area contributed by atoms with Gasteiger partial charge in [-0.25, -0.2) is 0 Å². The highest BCUT2D eigenvalue weighted by Crippen LogP contribution is 2.67. The van der Waals surface area contributed by atoms with Crippen molar-refractivity contribution >= 4 is 11.7 Å². The number of hydrogen-bond donors (Lipinski definition) is 0. The van der Waals surface area contributed by atoms with Gasteiger partial charge in [0.05, 0.1) is 23.1 Å². The third-order valence-corrected chi connectivity index (χ3v) is 7.30. The maximum absolute atomic E-state index is 13.7. The van der Waals surface area contributed by atoms with Crippen LogP contribution < -0.4 is 0 Å². The molecule has 0 N–H and O–H groups in total. The Morgan fingerprint density at radius 3 is 2.46 bits per heavy atom. The van der Waals surface area contributed by atoms with E-state index in [4.69, 9.17) is 9.15 Å². The summed E-state index contributed by atoms with van der Waals surface area (Å²) < 4.78 is 12.4. The summed E-state index contributed by atoms with van der Waals surface area (Å²) in [7, 11) is 0. The van der Waals surface area contributed by atoms with Crippen LogP contribution in [-0.4, -0.2) is 33.8 Å². The third kappa shape index (κ3) is 1.58. The third-order valence-electron chi connectivity index (χ3n) is 7.30. The Hall–Kier alpha value is -1.88. The monoisotopic (exact) mass is 355 g/mol. The molecule has 5 rings (SSSR count). The number of nitrogens with zero attached hydrogens (tertiary/aromatic N) is 1.